The van der Waals surface area contributed by atoms with E-state index in [1.807, 2.05) is 49.4 Å². The van der Waals surface area contributed by atoms with E-state index in [-0.39, 0.29) is 5.92 Å². The lowest BCUT2D eigenvalue weighted by Crippen LogP contribution is -2.55. The van der Waals surface area contributed by atoms with Crippen LogP contribution in [0.2, 0.25) is 0 Å². The molecule has 2 aliphatic heterocycles. The molecule has 0 spiro atoms. The Labute approximate surface area is 189 Å². The fourth-order valence-electron chi connectivity index (χ4n) is 5.08. The van der Waals surface area contributed by atoms with Crippen molar-refractivity contribution in [1.29, 1.82) is 0 Å². The summed E-state index contributed by atoms with van der Waals surface area (Å²) in [6, 6.07) is 16.5. The van der Waals surface area contributed by atoms with Gasteiger partial charge < -0.3 is 9.47 Å². The van der Waals surface area contributed by atoms with E-state index >= 15 is 0 Å². The smallest absolute Gasteiger partial charge is 0.410 e. The lowest BCUT2D eigenvalue weighted by Gasteiger charge is -2.40. The van der Waals surface area contributed by atoms with Crippen molar-refractivity contribution in [2.24, 2.45) is 11.8 Å². The van der Waals surface area contributed by atoms with Crippen molar-refractivity contribution in [1.82, 2.24) is 0 Å². The molecule has 2 heterocycles. The summed E-state index contributed by atoms with van der Waals surface area (Å²) in [6.45, 7) is 6.44. The van der Waals surface area contributed by atoms with Crippen LogP contribution >= 0.6 is 0 Å². The van der Waals surface area contributed by atoms with Crippen molar-refractivity contribution < 1.29 is 14.3 Å². The number of amides is 1. The van der Waals surface area contributed by atoms with Gasteiger partial charge in [-0.05, 0) is 49.6 Å². The number of hydrogen-bond acceptors (Lipinski definition) is 3. The summed E-state index contributed by atoms with van der Waals surface area (Å²) in [5, 5.41) is 0. The summed E-state index contributed by atoms with van der Waals surface area (Å²) in [7, 11) is 0. The van der Waals surface area contributed by atoms with Gasteiger partial charge >= 0.3 is 6.09 Å². The average molecular weight is 424 g/mol. The van der Waals surface area contributed by atoms with Crippen LogP contribution in [0.15, 0.2) is 66.7 Å². The van der Waals surface area contributed by atoms with E-state index in [1.54, 1.807) is 29.2 Å². The van der Waals surface area contributed by atoms with E-state index in [9.17, 15) is 4.79 Å². The third kappa shape index (κ3) is 3.03. The summed E-state index contributed by atoms with van der Waals surface area (Å²) in [5.74, 6) is 13.9. The number of nitrogens with zero attached hydrogens (tertiary/aromatic N) is 1. The fourth-order valence-corrected chi connectivity index (χ4v) is 5.08. The van der Waals surface area contributed by atoms with Crippen LogP contribution in [0.3, 0.4) is 0 Å². The van der Waals surface area contributed by atoms with Gasteiger partial charge in [0.1, 0.15) is 23.0 Å². The molecule has 32 heavy (non-hydrogen) atoms. The van der Waals surface area contributed by atoms with Gasteiger partial charge in [0.25, 0.3) is 0 Å². The van der Waals surface area contributed by atoms with E-state index in [4.69, 9.17) is 9.47 Å². The van der Waals surface area contributed by atoms with Gasteiger partial charge in [0.15, 0.2) is 0 Å². The molecule has 4 nitrogen and oxygen atoms in total. The minimum atomic E-state index is -0.691. The molecule has 0 unspecified atom stereocenters. The second-order valence-electron chi connectivity index (χ2n) is 9.01. The molecular formula is C28H25NO3. The van der Waals surface area contributed by atoms with Crippen molar-refractivity contribution in [3.05, 3.63) is 72.3 Å². The number of epoxide rings is 1. The van der Waals surface area contributed by atoms with E-state index < -0.39 is 23.3 Å². The maximum absolute atomic E-state index is 13.5. The highest BCUT2D eigenvalue weighted by Crippen LogP contribution is 2.68. The number of carbonyl (C=O) groups is 1. The highest BCUT2D eigenvalue weighted by atomic mass is 16.6. The van der Waals surface area contributed by atoms with Crippen LogP contribution in [-0.4, -0.2) is 17.7 Å². The van der Waals surface area contributed by atoms with Crippen LogP contribution in [0.25, 0.3) is 0 Å². The molecule has 0 radical (unpaired) electrons. The summed E-state index contributed by atoms with van der Waals surface area (Å²) in [4.78, 5) is 15.1. The van der Waals surface area contributed by atoms with Crippen molar-refractivity contribution in [3.8, 4) is 29.4 Å². The van der Waals surface area contributed by atoms with E-state index in [1.165, 1.54) is 0 Å². The Morgan fingerprint density at radius 3 is 2.50 bits per heavy atom. The van der Waals surface area contributed by atoms with E-state index in [0.29, 0.717) is 11.7 Å². The van der Waals surface area contributed by atoms with Gasteiger partial charge in [-0.2, -0.15) is 0 Å². The summed E-state index contributed by atoms with van der Waals surface area (Å²) in [5.41, 5.74) is 0.427. The molecule has 2 bridgehead atoms. The van der Waals surface area contributed by atoms with Crippen molar-refractivity contribution in [2.45, 2.75) is 44.4 Å². The van der Waals surface area contributed by atoms with Gasteiger partial charge in [0.2, 0.25) is 0 Å². The number of ether oxygens (including phenoxy) is 2. The third-order valence-corrected chi connectivity index (χ3v) is 6.48. The molecule has 0 aromatic heterocycles. The van der Waals surface area contributed by atoms with Crippen LogP contribution < -0.4 is 9.64 Å². The Kier molecular flexibility index (Phi) is 4.85. The summed E-state index contributed by atoms with van der Waals surface area (Å²) >= 11 is 0. The molecule has 1 saturated heterocycles. The van der Waals surface area contributed by atoms with Gasteiger partial charge in [0, 0.05) is 5.56 Å². The zero-order valence-corrected chi connectivity index (χ0v) is 18.5. The zero-order chi connectivity index (χ0) is 22.3. The number of allylic oxidation sites excluding steroid dienone is 2. The second kappa shape index (κ2) is 7.59. The molecule has 4 heteroatoms. The summed E-state index contributed by atoms with van der Waals surface area (Å²) in [6.07, 6.45) is 3.93. The van der Waals surface area contributed by atoms with Crippen LogP contribution in [0.5, 0.6) is 5.75 Å². The third-order valence-electron chi connectivity index (χ3n) is 6.48. The minimum Gasteiger partial charge on any atom is -0.410 e. The molecule has 2 aromatic rings. The predicted octanol–water partition coefficient (Wildman–Crippen LogP) is 5.30. The predicted molar refractivity (Wildman–Crippen MR) is 124 cm³/mol. The van der Waals surface area contributed by atoms with Crippen molar-refractivity contribution >= 4 is 11.8 Å². The zero-order valence-electron chi connectivity index (χ0n) is 18.5. The van der Waals surface area contributed by atoms with Gasteiger partial charge in [-0.25, -0.2) is 4.79 Å². The van der Waals surface area contributed by atoms with Gasteiger partial charge in [0.05, 0.1) is 11.6 Å². The van der Waals surface area contributed by atoms with Crippen molar-refractivity contribution in [2.75, 3.05) is 4.90 Å². The van der Waals surface area contributed by atoms with Crippen molar-refractivity contribution in [3.63, 3.8) is 0 Å². The lowest BCUT2D eigenvalue weighted by atomic mass is 9.69. The Hall–Kier alpha value is -3.47. The first-order valence-electron chi connectivity index (χ1n) is 11.0. The number of anilines is 1. The Balaban J connectivity index is 1.67. The quantitative estimate of drug-likeness (QED) is 0.497. The van der Waals surface area contributed by atoms with Gasteiger partial charge in [-0.15, -0.1) is 0 Å². The molecule has 0 N–H and O–H groups in total. The van der Waals surface area contributed by atoms with Gasteiger partial charge in [-0.3, -0.25) is 4.90 Å². The highest BCUT2D eigenvalue weighted by Gasteiger charge is 2.78. The van der Waals surface area contributed by atoms with Crippen LogP contribution in [0, 0.1) is 35.5 Å². The molecule has 2 aromatic carbocycles. The standard InChI is InChI=1S/C28H25NO3/c1-20(2)19-21-13-7-4-5-10-18-25-27(3)28(21,32-27)23-16-11-12-17-24(23)29(25)26(30)31-22-14-8-6-9-15-22/h4-6,8-9,11-12,14-17,20-21,25H,19H2,1-3H3/b5-4-/t21-,25+,27+,28-/m1/s1. The fraction of sp³-hybridized carbons (Fsp3) is 0.321. The normalized spacial score (nSPS) is 29.9. The molecular weight excluding hydrogens is 398 g/mol. The highest BCUT2D eigenvalue weighted by molar-refractivity contribution is 5.94. The number of para-hydroxylation sites is 2. The van der Waals surface area contributed by atoms with Crippen LogP contribution in [0.1, 0.15) is 32.8 Å². The van der Waals surface area contributed by atoms with Gasteiger partial charge in [-0.1, -0.05) is 73.9 Å². The number of rotatable bonds is 3. The first-order valence-corrected chi connectivity index (χ1v) is 11.0. The van der Waals surface area contributed by atoms with Crippen LogP contribution in [0.4, 0.5) is 10.5 Å². The molecule has 1 aliphatic carbocycles. The number of fused-ring (bicyclic) bond motifs is 1. The first kappa shape index (κ1) is 20.4. The monoisotopic (exact) mass is 423 g/mol. The first-order chi connectivity index (χ1) is 15.5. The number of hydrogen-bond donors (Lipinski definition) is 0. The SMILES string of the molecule is CC(C)C[C@H]1C#C/C=C\C#C[C@@H]2N(C(=O)Oc3ccccc3)c3ccccc3[C@]13O[C@@]23C. The molecule has 1 fully saturated rings. The topological polar surface area (TPSA) is 42.1 Å². The largest absolute Gasteiger partial charge is 0.420 e. The second-order valence-corrected chi connectivity index (χ2v) is 9.01. The maximum Gasteiger partial charge on any atom is 0.420 e. The molecule has 160 valence electrons. The Morgan fingerprint density at radius 1 is 1.06 bits per heavy atom. The Morgan fingerprint density at radius 2 is 1.75 bits per heavy atom. The number of carbonyl (C=O) groups excluding carboxylic acids is 1. The molecule has 4 atom stereocenters. The molecule has 3 aliphatic rings. The maximum atomic E-state index is 13.5. The van der Waals surface area contributed by atoms with Crippen LogP contribution in [-0.2, 0) is 10.3 Å². The molecule has 1 amide bonds. The average Bonchev–Trinajstić information content (AvgIpc) is 3.43. The van der Waals surface area contributed by atoms with E-state index in [2.05, 4.69) is 37.5 Å². The molecule has 5 rings (SSSR count). The Bertz CT molecular complexity index is 1210. The summed E-state index contributed by atoms with van der Waals surface area (Å²) < 4.78 is 12.4. The molecule has 0 saturated carbocycles. The lowest BCUT2D eigenvalue weighted by molar-refractivity contribution is 0.200. The number of benzene rings is 2. The minimum absolute atomic E-state index is 0.0204. The van der Waals surface area contributed by atoms with E-state index in [0.717, 1.165) is 17.7 Å².